The zero-order valence-corrected chi connectivity index (χ0v) is 28.5. The van der Waals surface area contributed by atoms with Gasteiger partial charge in [0.1, 0.15) is 13.0 Å². The highest BCUT2D eigenvalue weighted by atomic mass is 35.5. The minimum atomic E-state index is -0.411. The Balaban J connectivity index is 1.46. The van der Waals surface area contributed by atoms with Crippen LogP contribution in [0.3, 0.4) is 0 Å². The van der Waals surface area contributed by atoms with Crippen molar-refractivity contribution in [1.29, 1.82) is 5.26 Å². The number of nitriles is 1. The van der Waals surface area contributed by atoms with Gasteiger partial charge in [-0.1, -0.05) is 68.8 Å². The van der Waals surface area contributed by atoms with Crippen LogP contribution < -0.4 is 5.32 Å². The molecule has 1 saturated heterocycles. The number of imidazole rings is 1. The summed E-state index contributed by atoms with van der Waals surface area (Å²) in [5.74, 6) is -0.215. The van der Waals surface area contributed by atoms with E-state index in [0.717, 1.165) is 29.5 Å². The van der Waals surface area contributed by atoms with E-state index in [4.69, 9.17) is 26.6 Å². The van der Waals surface area contributed by atoms with Crippen molar-refractivity contribution in [3.63, 3.8) is 0 Å². The third-order valence-corrected chi connectivity index (χ3v) is 9.23. The number of hydrogen-bond acceptors (Lipinski definition) is 6. The molecule has 0 bridgehead atoms. The van der Waals surface area contributed by atoms with Gasteiger partial charge in [-0.15, -0.1) is 0 Å². The number of hydrogen-bond donors (Lipinski definition) is 1. The van der Waals surface area contributed by atoms with Crippen molar-refractivity contribution in [3.05, 3.63) is 94.5 Å². The number of rotatable bonds is 10. The first-order valence-electron chi connectivity index (χ1n) is 16.1. The summed E-state index contributed by atoms with van der Waals surface area (Å²) in [5.41, 5.74) is 3.37. The number of amides is 3. The third kappa shape index (κ3) is 8.15. The van der Waals surface area contributed by atoms with Crippen LogP contribution >= 0.6 is 11.6 Å². The summed E-state index contributed by atoms with van der Waals surface area (Å²) in [5, 5.41) is 12.6. The Morgan fingerprint density at radius 2 is 1.81 bits per heavy atom. The highest BCUT2D eigenvalue weighted by Crippen LogP contribution is 2.30. The Kier molecular flexibility index (Phi) is 10.7. The summed E-state index contributed by atoms with van der Waals surface area (Å²) in [7, 11) is 0. The first-order chi connectivity index (χ1) is 22.9. The molecule has 0 aliphatic carbocycles. The molecule has 1 aromatic heterocycles. The van der Waals surface area contributed by atoms with Crippen LogP contribution in [0.4, 0.5) is 10.7 Å². The maximum absolute atomic E-state index is 13.5. The Morgan fingerprint density at radius 3 is 2.50 bits per heavy atom. The van der Waals surface area contributed by atoms with Crippen LogP contribution in [0.2, 0.25) is 5.02 Å². The quantitative estimate of drug-likeness (QED) is 0.188. The van der Waals surface area contributed by atoms with E-state index in [1.54, 1.807) is 34.1 Å². The molecule has 3 aromatic carbocycles. The largest absolute Gasteiger partial charge is 0.445 e. The van der Waals surface area contributed by atoms with Crippen molar-refractivity contribution in [2.45, 2.75) is 78.7 Å². The maximum Gasteiger partial charge on any atom is 0.410 e. The molecule has 250 valence electrons. The normalized spacial score (nSPS) is 15.2. The van der Waals surface area contributed by atoms with E-state index < -0.39 is 6.09 Å². The molecule has 48 heavy (non-hydrogen) atoms. The second-order valence-electron chi connectivity index (χ2n) is 13.3. The van der Waals surface area contributed by atoms with Gasteiger partial charge in [0.05, 0.1) is 17.1 Å². The zero-order valence-electron chi connectivity index (χ0n) is 27.8. The Hall–Kier alpha value is -4.88. The number of aromatic nitrogens is 2. The lowest BCUT2D eigenvalue weighted by atomic mass is 9.87. The number of ether oxygens (including phenoxy) is 1. The van der Waals surface area contributed by atoms with E-state index in [0.29, 0.717) is 41.7 Å². The van der Waals surface area contributed by atoms with Crippen LogP contribution in [0, 0.1) is 16.7 Å². The van der Waals surface area contributed by atoms with Crippen molar-refractivity contribution >= 4 is 46.5 Å². The molecule has 2 atom stereocenters. The lowest BCUT2D eigenvalue weighted by Gasteiger charge is -2.37. The van der Waals surface area contributed by atoms with Gasteiger partial charge in [-0.25, -0.2) is 9.78 Å². The fraction of sp³-hybridized carbons (Fsp3) is 0.378. The number of carbonyl (C=O) groups is 3. The van der Waals surface area contributed by atoms with Crippen molar-refractivity contribution in [1.82, 2.24) is 19.4 Å². The Labute approximate surface area is 286 Å². The first-order valence-corrected chi connectivity index (χ1v) is 16.5. The number of nitrogens with zero attached hydrogens (tertiary/aromatic N) is 5. The van der Waals surface area contributed by atoms with E-state index in [9.17, 15) is 14.4 Å². The van der Waals surface area contributed by atoms with Crippen LogP contribution in [0.15, 0.2) is 72.8 Å². The highest BCUT2D eigenvalue weighted by molar-refractivity contribution is 6.30. The van der Waals surface area contributed by atoms with E-state index in [2.05, 4.69) is 26.1 Å². The van der Waals surface area contributed by atoms with Gasteiger partial charge in [0.25, 0.3) is 5.91 Å². The third-order valence-electron chi connectivity index (χ3n) is 8.98. The molecular formula is C37H41ClN6O4. The summed E-state index contributed by atoms with van der Waals surface area (Å²) in [4.78, 5) is 47.9. The minimum absolute atomic E-state index is 0.150. The first kappa shape index (κ1) is 34.5. The predicted molar refractivity (Wildman–Crippen MR) is 185 cm³/mol. The van der Waals surface area contributed by atoms with E-state index in [1.165, 1.54) is 0 Å². The van der Waals surface area contributed by atoms with E-state index in [1.807, 2.05) is 66.1 Å². The molecule has 2 heterocycles. The number of fused-ring (bicyclic) bond motifs is 1. The van der Waals surface area contributed by atoms with Crippen LogP contribution in [0.1, 0.15) is 68.4 Å². The molecule has 1 aliphatic heterocycles. The second-order valence-corrected chi connectivity index (χ2v) is 13.7. The van der Waals surface area contributed by atoms with Gasteiger partial charge in [-0.2, -0.15) is 5.26 Å². The number of likely N-dealkylation sites (tertiary alicyclic amines) is 1. The maximum atomic E-state index is 13.5. The highest BCUT2D eigenvalue weighted by Gasteiger charge is 2.32. The molecule has 0 spiro atoms. The fourth-order valence-corrected chi connectivity index (χ4v) is 6.01. The van der Waals surface area contributed by atoms with Gasteiger partial charge >= 0.3 is 6.09 Å². The molecular weight excluding hydrogens is 628 g/mol. The van der Waals surface area contributed by atoms with Gasteiger partial charge < -0.3 is 19.1 Å². The van der Waals surface area contributed by atoms with Gasteiger partial charge in [0.2, 0.25) is 11.9 Å². The monoisotopic (exact) mass is 668 g/mol. The van der Waals surface area contributed by atoms with Gasteiger partial charge in [0.15, 0.2) is 0 Å². The standard InChI is InChI=1S/C37H41ClN6O4/c1-25(37(2,3)4)43(36(47)48-24-26-9-6-5-7-10-26)22-27-12-17-32-31(21-27)40-35(41-34(46)28-13-15-29(38)16-14-28)44(32)23-30-11-8-20-42(30)33(45)18-19-39/h5-7,9-10,12-17,21,25,30H,8,11,18,20,22-24H2,1-4H3,(H,40,41,46)/t25-,30?/m0/s1. The molecule has 11 heteroatoms. The van der Waals surface area contributed by atoms with Crippen LogP contribution in [0.25, 0.3) is 11.0 Å². The number of benzene rings is 3. The number of anilines is 1. The SMILES string of the molecule is C[C@H](N(Cc1ccc2c(c1)nc(NC(=O)c1ccc(Cl)cc1)n2CC1CCCN1C(=O)CC#N)C(=O)OCc1ccccc1)C(C)(C)C. The molecule has 4 aromatic rings. The van der Waals surface area contributed by atoms with Crippen molar-refractivity contribution in [2.75, 3.05) is 11.9 Å². The number of halogens is 1. The molecule has 1 fully saturated rings. The lowest BCUT2D eigenvalue weighted by Crippen LogP contribution is -2.45. The summed E-state index contributed by atoms with van der Waals surface area (Å²) < 4.78 is 7.68. The molecule has 1 aliphatic rings. The van der Waals surface area contributed by atoms with Gasteiger partial charge in [-0.05, 0) is 72.7 Å². The van der Waals surface area contributed by atoms with Gasteiger partial charge in [-0.3, -0.25) is 14.9 Å². The molecule has 1 N–H and O–H groups in total. The summed E-state index contributed by atoms with van der Waals surface area (Å²) in [6.07, 6.45) is 1.01. The van der Waals surface area contributed by atoms with Crippen molar-refractivity contribution in [3.8, 4) is 6.07 Å². The number of nitrogens with one attached hydrogen (secondary N) is 1. The second kappa shape index (κ2) is 14.9. The summed E-state index contributed by atoms with van der Waals surface area (Å²) in [6, 6.07) is 23.6. The molecule has 1 unspecified atom stereocenters. The summed E-state index contributed by atoms with van der Waals surface area (Å²) >= 11 is 6.04. The average molecular weight is 669 g/mol. The molecule has 3 amide bonds. The topological polar surface area (TPSA) is 121 Å². The molecule has 0 radical (unpaired) electrons. The summed E-state index contributed by atoms with van der Waals surface area (Å²) in [6.45, 7) is 9.71. The van der Waals surface area contributed by atoms with Gasteiger partial charge in [0, 0.05) is 42.3 Å². The Bertz CT molecular complexity index is 1810. The molecule has 5 rings (SSSR count). The zero-order chi connectivity index (χ0) is 34.4. The predicted octanol–water partition coefficient (Wildman–Crippen LogP) is 7.42. The van der Waals surface area contributed by atoms with Crippen LogP contribution in [-0.4, -0.2) is 55.9 Å². The minimum Gasteiger partial charge on any atom is -0.445 e. The van der Waals surface area contributed by atoms with Crippen LogP contribution in [-0.2, 0) is 29.2 Å². The van der Waals surface area contributed by atoms with E-state index in [-0.39, 0.29) is 42.3 Å². The van der Waals surface area contributed by atoms with Crippen molar-refractivity contribution < 1.29 is 19.1 Å². The Morgan fingerprint density at radius 1 is 1.08 bits per heavy atom. The van der Waals surface area contributed by atoms with Crippen LogP contribution in [0.5, 0.6) is 0 Å². The smallest absolute Gasteiger partial charge is 0.410 e. The lowest BCUT2D eigenvalue weighted by molar-refractivity contribution is -0.131. The van der Waals surface area contributed by atoms with Crippen molar-refractivity contribution in [2.24, 2.45) is 5.41 Å². The van der Waals surface area contributed by atoms with E-state index >= 15 is 0 Å². The average Bonchev–Trinajstić information content (AvgIpc) is 3.67. The fourth-order valence-electron chi connectivity index (χ4n) is 5.89. The number of carbonyl (C=O) groups excluding carboxylic acids is 3. The molecule has 0 saturated carbocycles. The molecule has 10 nitrogen and oxygen atoms in total.